The Morgan fingerprint density at radius 3 is 2.68 bits per heavy atom. The lowest BCUT2D eigenvalue weighted by Gasteiger charge is -2.10. The molecule has 2 nitrogen and oxygen atoms in total. The van der Waals surface area contributed by atoms with Gasteiger partial charge in [0.05, 0.1) is 12.2 Å². The van der Waals surface area contributed by atoms with Crippen molar-refractivity contribution in [1.82, 2.24) is 0 Å². The number of benzene rings is 2. The summed E-state index contributed by atoms with van der Waals surface area (Å²) in [6, 6.07) is 12.3. The molecular formula is C15H12BrClO2. The average molecular weight is 340 g/mol. The van der Waals surface area contributed by atoms with Crippen LogP contribution >= 0.6 is 27.5 Å². The molecule has 0 radical (unpaired) electrons. The number of hydrogen-bond acceptors (Lipinski definition) is 2. The van der Waals surface area contributed by atoms with Gasteiger partial charge in [0.1, 0.15) is 5.75 Å². The third-order valence-electron chi connectivity index (χ3n) is 2.60. The molecule has 0 saturated heterocycles. The van der Waals surface area contributed by atoms with Gasteiger partial charge in [-0.05, 0) is 37.3 Å². The fourth-order valence-corrected chi connectivity index (χ4v) is 2.35. The second-order valence-electron chi connectivity index (χ2n) is 3.88. The second-order valence-corrected chi connectivity index (χ2v) is 5.17. The van der Waals surface area contributed by atoms with Crippen LogP contribution in [0.5, 0.6) is 5.75 Å². The lowest BCUT2D eigenvalue weighted by atomic mass is 10.0. The van der Waals surface area contributed by atoms with E-state index in [-0.39, 0.29) is 5.78 Å². The highest BCUT2D eigenvalue weighted by Gasteiger charge is 2.17. The molecular weight excluding hydrogens is 328 g/mol. The van der Waals surface area contributed by atoms with E-state index < -0.39 is 0 Å². The van der Waals surface area contributed by atoms with Gasteiger partial charge < -0.3 is 4.74 Å². The first kappa shape index (κ1) is 14.1. The first-order chi connectivity index (χ1) is 9.13. The highest BCUT2D eigenvalue weighted by Crippen LogP contribution is 2.27. The molecule has 4 heteroatoms. The summed E-state index contributed by atoms with van der Waals surface area (Å²) in [6.45, 7) is 2.40. The molecule has 0 spiro atoms. The van der Waals surface area contributed by atoms with E-state index >= 15 is 0 Å². The molecule has 2 aromatic carbocycles. The van der Waals surface area contributed by atoms with Crippen LogP contribution in [0, 0.1) is 0 Å². The van der Waals surface area contributed by atoms with Gasteiger partial charge in [-0.25, -0.2) is 0 Å². The molecule has 0 atom stereocenters. The standard InChI is InChI=1S/C15H12BrClO2/c1-2-19-14-6-4-3-5-11(14)15(18)12-9-10(17)7-8-13(12)16/h3-9H,2H2,1H3. The van der Waals surface area contributed by atoms with Crippen molar-refractivity contribution < 1.29 is 9.53 Å². The normalized spacial score (nSPS) is 10.3. The number of rotatable bonds is 4. The molecule has 2 aromatic rings. The fraction of sp³-hybridized carbons (Fsp3) is 0.133. The molecule has 0 aromatic heterocycles. The van der Waals surface area contributed by atoms with E-state index in [1.54, 1.807) is 30.3 Å². The summed E-state index contributed by atoms with van der Waals surface area (Å²) in [6.07, 6.45) is 0. The maximum absolute atomic E-state index is 12.5. The van der Waals surface area contributed by atoms with Crippen molar-refractivity contribution in [1.29, 1.82) is 0 Å². The third kappa shape index (κ3) is 3.17. The van der Waals surface area contributed by atoms with Gasteiger partial charge in [-0.3, -0.25) is 4.79 Å². The number of carbonyl (C=O) groups excluding carboxylic acids is 1. The van der Waals surface area contributed by atoms with E-state index in [9.17, 15) is 4.79 Å². The van der Waals surface area contributed by atoms with Crippen LogP contribution in [0.4, 0.5) is 0 Å². The number of carbonyl (C=O) groups is 1. The highest BCUT2D eigenvalue weighted by molar-refractivity contribution is 9.10. The zero-order valence-corrected chi connectivity index (χ0v) is 12.7. The molecule has 0 aliphatic carbocycles. The maximum atomic E-state index is 12.5. The van der Waals surface area contributed by atoms with E-state index in [0.29, 0.717) is 33.0 Å². The van der Waals surface area contributed by atoms with Crippen LogP contribution < -0.4 is 4.74 Å². The summed E-state index contributed by atoms with van der Waals surface area (Å²) in [5.74, 6) is 0.473. The largest absolute Gasteiger partial charge is 0.493 e. The Morgan fingerprint density at radius 1 is 1.21 bits per heavy atom. The molecule has 0 saturated carbocycles. The van der Waals surface area contributed by atoms with Gasteiger partial charge in [0.25, 0.3) is 0 Å². The summed E-state index contributed by atoms with van der Waals surface area (Å²) >= 11 is 9.32. The first-order valence-electron chi connectivity index (χ1n) is 5.85. The van der Waals surface area contributed by atoms with Crippen LogP contribution in [0.3, 0.4) is 0 Å². The Labute approximate surface area is 125 Å². The van der Waals surface area contributed by atoms with Crippen LogP contribution in [0.1, 0.15) is 22.8 Å². The molecule has 19 heavy (non-hydrogen) atoms. The number of ether oxygens (including phenoxy) is 1. The van der Waals surface area contributed by atoms with Crippen molar-refractivity contribution in [3.8, 4) is 5.75 Å². The summed E-state index contributed by atoms with van der Waals surface area (Å²) in [5.41, 5.74) is 1.06. The number of ketones is 1. The summed E-state index contributed by atoms with van der Waals surface area (Å²) in [4.78, 5) is 12.5. The molecule has 0 aliphatic heterocycles. The predicted octanol–water partition coefficient (Wildman–Crippen LogP) is 4.73. The van der Waals surface area contributed by atoms with E-state index in [2.05, 4.69) is 15.9 Å². The van der Waals surface area contributed by atoms with E-state index in [1.165, 1.54) is 0 Å². The monoisotopic (exact) mass is 338 g/mol. The van der Waals surface area contributed by atoms with E-state index in [0.717, 1.165) is 0 Å². The van der Waals surface area contributed by atoms with Crippen molar-refractivity contribution in [2.75, 3.05) is 6.61 Å². The summed E-state index contributed by atoms with van der Waals surface area (Å²) in [5, 5.41) is 0.528. The summed E-state index contributed by atoms with van der Waals surface area (Å²) < 4.78 is 6.20. The van der Waals surface area contributed by atoms with Gasteiger partial charge in [0.15, 0.2) is 5.78 Å². The molecule has 0 unspecified atom stereocenters. The number of hydrogen-bond donors (Lipinski definition) is 0. The van der Waals surface area contributed by atoms with Crippen molar-refractivity contribution >= 4 is 33.3 Å². The Morgan fingerprint density at radius 2 is 1.95 bits per heavy atom. The van der Waals surface area contributed by atoms with Crippen molar-refractivity contribution in [3.05, 3.63) is 63.1 Å². The Bertz CT molecular complexity index is 611. The van der Waals surface area contributed by atoms with E-state index in [4.69, 9.17) is 16.3 Å². The van der Waals surface area contributed by atoms with Crippen molar-refractivity contribution in [2.45, 2.75) is 6.92 Å². The number of halogens is 2. The predicted molar refractivity (Wildman–Crippen MR) is 80.2 cm³/mol. The van der Waals surface area contributed by atoms with Crippen LogP contribution in [-0.2, 0) is 0 Å². The topological polar surface area (TPSA) is 26.3 Å². The molecule has 2 rings (SSSR count). The average Bonchev–Trinajstić information content (AvgIpc) is 2.42. The first-order valence-corrected chi connectivity index (χ1v) is 7.02. The smallest absolute Gasteiger partial charge is 0.197 e. The van der Waals surface area contributed by atoms with E-state index in [1.807, 2.05) is 19.1 Å². The molecule has 0 amide bonds. The van der Waals surface area contributed by atoms with Crippen LogP contribution in [-0.4, -0.2) is 12.4 Å². The fourth-order valence-electron chi connectivity index (χ4n) is 1.75. The highest BCUT2D eigenvalue weighted by atomic mass is 79.9. The van der Waals surface area contributed by atoms with Gasteiger partial charge in [0.2, 0.25) is 0 Å². The minimum Gasteiger partial charge on any atom is -0.493 e. The second kappa shape index (κ2) is 6.22. The zero-order chi connectivity index (χ0) is 13.8. The van der Waals surface area contributed by atoms with Gasteiger partial charge in [-0.2, -0.15) is 0 Å². The minimum absolute atomic E-state index is 0.113. The molecule has 0 heterocycles. The van der Waals surface area contributed by atoms with Crippen LogP contribution in [0.15, 0.2) is 46.9 Å². The van der Waals surface area contributed by atoms with Crippen LogP contribution in [0.25, 0.3) is 0 Å². The molecule has 0 N–H and O–H groups in total. The summed E-state index contributed by atoms with van der Waals surface area (Å²) in [7, 11) is 0. The number of para-hydroxylation sites is 1. The van der Waals surface area contributed by atoms with Crippen molar-refractivity contribution in [2.24, 2.45) is 0 Å². The molecule has 98 valence electrons. The van der Waals surface area contributed by atoms with Gasteiger partial charge >= 0.3 is 0 Å². The zero-order valence-electron chi connectivity index (χ0n) is 10.3. The molecule has 0 aliphatic rings. The Balaban J connectivity index is 2.47. The minimum atomic E-state index is -0.113. The molecule has 0 fully saturated rings. The van der Waals surface area contributed by atoms with Gasteiger partial charge in [0, 0.05) is 15.1 Å². The maximum Gasteiger partial charge on any atom is 0.197 e. The Hall–Kier alpha value is -1.32. The Kier molecular flexibility index (Phi) is 4.61. The quantitative estimate of drug-likeness (QED) is 0.753. The SMILES string of the molecule is CCOc1ccccc1C(=O)c1cc(Cl)ccc1Br. The van der Waals surface area contributed by atoms with Crippen molar-refractivity contribution in [3.63, 3.8) is 0 Å². The third-order valence-corrected chi connectivity index (χ3v) is 3.53. The molecule has 0 bridgehead atoms. The van der Waals surface area contributed by atoms with Gasteiger partial charge in [-0.15, -0.1) is 0 Å². The van der Waals surface area contributed by atoms with Crippen LogP contribution in [0.2, 0.25) is 5.02 Å². The lowest BCUT2D eigenvalue weighted by molar-refractivity contribution is 0.103. The lowest BCUT2D eigenvalue weighted by Crippen LogP contribution is -2.06. The van der Waals surface area contributed by atoms with Gasteiger partial charge in [-0.1, -0.05) is 39.7 Å².